The number of hydrogen-bond acceptors (Lipinski definition) is 4. The third kappa shape index (κ3) is 2.90. The molecule has 0 atom stereocenters. The number of hydrogen-bond donors (Lipinski definition) is 1. The maximum absolute atomic E-state index is 6.07. The Hall–Kier alpha value is -1.26. The van der Waals surface area contributed by atoms with Gasteiger partial charge in [0.25, 0.3) is 0 Å². The van der Waals surface area contributed by atoms with Gasteiger partial charge in [-0.1, -0.05) is 17.7 Å². The highest BCUT2D eigenvalue weighted by Gasteiger charge is 2.05. The number of rotatable bonds is 4. The van der Waals surface area contributed by atoms with Crippen molar-refractivity contribution in [3.05, 3.63) is 39.9 Å². The van der Waals surface area contributed by atoms with Crippen LogP contribution < -0.4 is 10.1 Å². The lowest BCUT2D eigenvalue weighted by atomic mass is 10.1. The standard InChI is InChI=1S/C12H13ClN2OS/c1-14-12-15-9(7-17-12)5-8-3-4-11(16-2)10(13)6-8/h3-4,6-7H,5H2,1-2H3,(H,14,15). The van der Waals surface area contributed by atoms with Crippen molar-refractivity contribution in [2.75, 3.05) is 19.5 Å². The molecule has 2 rings (SSSR count). The molecule has 0 fully saturated rings. The summed E-state index contributed by atoms with van der Waals surface area (Å²) in [5.41, 5.74) is 2.17. The van der Waals surface area contributed by atoms with Crippen LogP contribution in [0.3, 0.4) is 0 Å². The third-order valence-electron chi connectivity index (χ3n) is 2.37. The van der Waals surface area contributed by atoms with Crippen molar-refractivity contribution in [1.82, 2.24) is 4.98 Å². The summed E-state index contributed by atoms with van der Waals surface area (Å²) in [6.45, 7) is 0. The molecule has 0 saturated heterocycles. The number of thiazole rings is 1. The van der Waals surface area contributed by atoms with E-state index in [1.165, 1.54) is 0 Å². The van der Waals surface area contributed by atoms with Gasteiger partial charge in [-0.2, -0.15) is 0 Å². The van der Waals surface area contributed by atoms with Crippen molar-refractivity contribution in [3.8, 4) is 5.75 Å². The Bertz CT molecular complexity index is 513. The molecule has 1 heterocycles. The molecule has 1 N–H and O–H groups in total. The molecule has 1 aromatic heterocycles. The summed E-state index contributed by atoms with van der Waals surface area (Å²) in [7, 11) is 3.48. The van der Waals surface area contributed by atoms with Gasteiger partial charge in [-0.3, -0.25) is 0 Å². The Balaban J connectivity index is 2.15. The molecule has 0 aliphatic carbocycles. The van der Waals surface area contributed by atoms with Crippen molar-refractivity contribution in [3.63, 3.8) is 0 Å². The Morgan fingerprint density at radius 2 is 2.29 bits per heavy atom. The monoisotopic (exact) mass is 268 g/mol. The first kappa shape index (κ1) is 12.2. The fraction of sp³-hybridized carbons (Fsp3) is 0.250. The van der Waals surface area contributed by atoms with E-state index in [2.05, 4.69) is 10.3 Å². The molecular formula is C12H13ClN2OS. The first-order chi connectivity index (χ1) is 8.22. The topological polar surface area (TPSA) is 34.2 Å². The van der Waals surface area contributed by atoms with Gasteiger partial charge in [0.15, 0.2) is 5.13 Å². The Labute approximate surface area is 109 Å². The number of halogens is 1. The van der Waals surface area contributed by atoms with Crippen molar-refractivity contribution in [2.24, 2.45) is 0 Å². The zero-order chi connectivity index (χ0) is 12.3. The van der Waals surface area contributed by atoms with Gasteiger partial charge in [-0.05, 0) is 17.7 Å². The quantitative estimate of drug-likeness (QED) is 0.922. The third-order valence-corrected chi connectivity index (χ3v) is 3.57. The molecule has 90 valence electrons. The second-order valence-electron chi connectivity index (χ2n) is 3.54. The predicted octanol–water partition coefficient (Wildman–Crippen LogP) is 3.44. The molecule has 0 saturated carbocycles. The number of aromatic nitrogens is 1. The summed E-state index contributed by atoms with van der Waals surface area (Å²) in [6.07, 6.45) is 0.780. The van der Waals surface area contributed by atoms with E-state index in [9.17, 15) is 0 Å². The lowest BCUT2D eigenvalue weighted by molar-refractivity contribution is 0.415. The lowest BCUT2D eigenvalue weighted by Gasteiger charge is -2.04. The van der Waals surface area contributed by atoms with Gasteiger partial charge in [0, 0.05) is 18.8 Å². The largest absolute Gasteiger partial charge is 0.495 e. The van der Waals surface area contributed by atoms with Crippen LogP contribution in [0.25, 0.3) is 0 Å². The van der Waals surface area contributed by atoms with Crippen LogP contribution in [0.15, 0.2) is 23.6 Å². The van der Waals surface area contributed by atoms with Crippen molar-refractivity contribution in [2.45, 2.75) is 6.42 Å². The van der Waals surface area contributed by atoms with E-state index in [1.807, 2.05) is 30.6 Å². The van der Waals surface area contributed by atoms with Gasteiger partial charge < -0.3 is 10.1 Å². The minimum absolute atomic E-state index is 0.633. The van der Waals surface area contributed by atoms with E-state index >= 15 is 0 Å². The maximum Gasteiger partial charge on any atom is 0.182 e. The van der Waals surface area contributed by atoms with E-state index < -0.39 is 0 Å². The van der Waals surface area contributed by atoms with E-state index in [0.717, 1.165) is 22.8 Å². The molecule has 1 aromatic carbocycles. The minimum atomic E-state index is 0.633. The minimum Gasteiger partial charge on any atom is -0.495 e. The van der Waals surface area contributed by atoms with E-state index in [-0.39, 0.29) is 0 Å². The molecule has 5 heteroatoms. The second kappa shape index (κ2) is 5.38. The summed E-state index contributed by atoms with van der Waals surface area (Å²) >= 11 is 7.67. The molecule has 0 amide bonds. The Kier molecular flexibility index (Phi) is 3.86. The summed E-state index contributed by atoms with van der Waals surface area (Å²) in [6, 6.07) is 5.80. The van der Waals surface area contributed by atoms with E-state index in [0.29, 0.717) is 10.8 Å². The van der Waals surface area contributed by atoms with Crippen molar-refractivity contribution < 1.29 is 4.74 Å². The molecule has 0 aliphatic rings. The molecular weight excluding hydrogens is 256 g/mol. The molecule has 0 radical (unpaired) electrons. The average molecular weight is 269 g/mol. The van der Waals surface area contributed by atoms with Crippen LogP contribution in [0, 0.1) is 0 Å². The fourth-order valence-corrected chi connectivity index (χ4v) is 2.48. The highest BCUT2D eigenvalue weighted by Crippen LogP contribution is 2.26. The Morgan fingerprint density at radius 3 is 2.88 bits per heavy atom. The van der Waals surface area contributed by atoms with Gasteiger partial charge >= 0.3 is 0 Å². The molecule has 0 spiro atoms. The van der Waals surface area contributed by atoms with Gasteiger partial charge in [0.2, 0.25) is 0 Å². The van der Waals surface area contributed by atoms with Crippen LogP contribution >= 0.6 is 22.9 Å². The molecule has 3 nitrogen and oxygen atoms in total. The van der Waals surface area contributed by atoms with Crippen molar-refractivity contribution >= 4 is 28.1 Å². The van der Waals surface area contributed by atoms with Gasteiger partial charge in [-0.15, -0.1) is 11.3 Å². The van der Waals surface area contributed by atoms with Crippen LogP contribution in [0.4, 0.5) is 5.13 Å². The van der Waals surface area contributed by atoms with Crippen LogP contribution in [0.1, 0.15) is 11.3 Å². The normalized spacial score (nSPS) is 10.3. The first-order valence-corrected chi connectivity index (χ1v) is 6.43. The van der Waals surface area contributed by atoms with Crippen LogP contribution in [-0.4, -0.2) is 19.1 Å². The van der Waals surface area contributed by atoms with Gasteiger partial charge in [0.05, 0.1) is 17.8 Å². The van der Waals surface area contributed by atoms with Crippen LogP contribution in [-0.2, 0) is 6.42 Å². The predicted molar refractivity (Wildman–Crippen MR) is 72.5 cm³/mol. The average Bonchev–Trinajstić information content (AvgIpc) is 2.77. The van der Waals surface area contributed by atoms with Gasteiger partial charge in [-0.25, -0.2) is 4.98 Å². The number of methoxy groups -OCH3 is 1. The van der Waals surface area contributed by atoms with E-state index in [4.69, 9.17) is 16.3 Å². The smallest absolute Gasteiger partial charge is 0.182 e. The summed E-state index contributed by atoms with van der Waals surface area (Å²) in [4.78, 5) is 4.43. The summed E-state index contributed by atoms with van der Waals surface area (Å²) in [5.74, 6) is 0.699. The number of benzene rings is 1. The number of anilines is 1. The maximum atomic E-state index is 6.07. The lowest BCUT2D eigenvalue weighted by Crippen LogP contribution is -1.92. The molecule has 0 unspecified atom stereocenters. The van der Waals surface area contributed by atoms with E-state index in [1.54, 1.807) is 18.4 Å². The number of ether oxygens (including phenoxy) is 1. The number of nitrogens with one attached hydrogen (secondary N) is 1. The molecule has 0 aliphatic heterocycles. The zero-order valence-corrected chi connectivity index (χ0v) is 11.2. The summed E-state index contributed by atoms with van der Waals surface area (Å²) < 4.78 is 5.12. The highest BCUT2D eigenvalue weighted by molar-refractivity contribution is 7.13. The van der Waals surface area contributed by atoms with Crippen LogP contribution in [0.2, 0.25) is 5.02 Å². The van der Waals surface area contributed by atoms with Gasteiger partial charge in [0.1, 0.15) is 5.75 Å². The SMILES string of the molecule is CNc1nc(Cc2ccc(OC)c(Cl)c2)cs1. The molecule has 0 bridgehead atoms. The highest BCUT2D eigenvalue weighted by atomic mass is 35.5. The number of nitrogens with zero attached hydrogens (tertiary/aromatic N) is 1. The van der Waals surface area contributed by atoms with Crippen LogP contribution in [0.5, 0.6) is 5.75 Å². The first-order valence-electron chi connectivity index (χ1n) is 5.17. The molecule has 17 heavy (non-hydrogen) atoms. The fourth-order valence-electron chi connectivity index (χ4n) is 1.53. The van der Waals surface area contributed by atoms with Crippen molar-refractivity contribution in [1.29, 1.82) is 0 Å². The zero-order valence-electron chi connectivity index (χ0n) is 9.66. The molecule has 2 aromatic rings. The Morgan fingerprint density at radius 1 is 1.47 bits per heavy atom. The summed E-state index contributed by atoms with van der Waals surface area (Å²) in [5, 5.41) is 6.63. The second-order valence-corrected chi connectivity index (χ2v) is 4.80.